The van der Waals surface area contributed by atoms with Crippen molar-refractivity contribution in [1.29, 1.82) is 0 Å². The Morgan fingerprint density at radius 1 is 1.36 bits per heavy atom. The molecule has 14 heavy (non-hydrogen) atoms. The summed E-state index contributed by atoms with van der Waals surface area (Å²) < 4.78 is 0. The van der Waals surface area contributed by atoms with Crippen LogP contribution in [0.5, 0.6) is 0 Å². The Bertz CT molecular complexity index is 166. The van der Waals surface area contributed by atoms with Crippen LogP contribution in [0.1, 0.15) is 46.0 Å². The number of nitrogens with zero attached hydrogens (tertiary/aromatic N) is 1. The summed E-state index contributed by atoms with van der Waals surface area (Å²) in [6.45, 7) is 6.64. The second-order valence-electron chi connectivity index (χ2n) is 5.54. The maximum atomic E-state index is 5.74. The van der Waals surface area contributed by atoms with Crippen LogP contribution in [0.15, 0.2) is 0 Å². The highest BCUT2D eigenvalue weighted by atomic mass is 15.1. The van der Waals surface area contributed by atoms with E-state index in [9.17, 15) is 0 Å². The fourth-order valence-electron chi connectivity index (χ4n) is 2.17. The minimum absolute atomic E-state index is 0.332. The lowest BCUT2D eigenvalue weighted by Crippen LogP contribution is -2.37. The number of rotatable bonds is 4. The summed E-state index contributed by atoms with van der Waals surface area (Å²) in [5, 5.41) is 0. The lowest BCUT2D eigenvalue weighted by Gasteiger charge is -2.34. The zero-order valence-corrected chi connectivity index (χ0v) is 10.1. The molecule has 0 aromatic heterocycles. The summed E-state index contributed by atoms with van der Waals surface area (Å²) in [7, 11) is 2.26. The number of likely N-dealkylation sites (tertiary alicyclic amines) is 1. The minimum Gasteiger partial charge on any atom is -0.330 e. The van der Waals surface area contributed by atoms with Crippen molar-refractivity contribution in [3.05, 3.63) is 0 Å². The quantitative estimate of drug-likeness (QED) is 0.750. The Hall–Kier alpha value is -0.0800. The number of hydrogen-bond donors (Lipinski definition) is 1. The van der Waals surface area contributed by atoms with Gasteiger partial charge >= 0.3 is 0 Å². The van der Waals surface area contributed by atoms with Crippen LogP contribution >= 0.6 is 0 Å². The van der Waals surface area contributed by atoms with E-state index in [0.29, 0.717) is 5.41 Å². The van der Waals surface area contributed by atoms with Crippen molar-refractivity contribution >= 4 is 0 Å². The number of piperidine rings is 1. The average Bonchev–Trinajstić information content (AvgIpc) is 2.17. The third kappa shape index (κ3) is 3.58. The van der Waals surface area contributed by atoms with Gasteiger partial charge in [-0.05, 0) is 51.2 Å². The average molecular weight is 198 g/mol. The molecule has 0 aromatic carbocycles. The van der Waals surface area contributed by atoms with Crippen LogP contribution in [0, 0.1) is 5.41 Å². The lowest BCUT2D eigenvalue weighted by molar-refractivity contribution is 0.157. The molecule has 1 aliphatic rings. The van der Waals surface area contributed by atoms with Gasteiger partial charge in [-0.25, -0.2) is 0 Å². The van der Waals surface area contributed by atoms with Crippen LogP contribution in [-0.2, 0) is 0 Å². The molecular weight excluding hydrogens is 172 g/mol. The molecule has 0 aliphatic carbocycles. The molecule has 1 atom stereocenters. The van der Waals surface area contributed by atoms with Crippen LogP contribution in [-0.4, -0.2) is 31.1 Å². The molecule has 1 saturated heterocycles. The summed E-state index contributed by atoms with van der Waals surface area (Å²) in [5.41, 5.74) is 6.07. The maximum Gasteiger partial charge on any atom is 0.00924 e. The van der Waals surface area contributed by atoms with Gasteiger partial charge in [0.05, 0.1) is 0 Å². The van der Waals surface area contributed by atoms with Crippen molar-refractivity contribution in [2.45, 2.75) is 52.0 Å². The Morgan fingerprint density at radius 3 is 2.64 bits per heavy atom. The normalized spacial score (nSPS) is 25.3. The fourth-order valence-corrected chi connectivity index (χ4v) is 2.17. The van der Waals surface area contributed by atoms with Gasteiger partial charge in [-0.15, -0.1) is 0 Å². The third-order valence-electron chi connectivity index (χ3n) is 3.63. The zero-order valence-electron chi connectivity index (χ0n) is 10.1. The second-order valence-corrected chi connectivity index (χ2v) is 5.54. The highest BCUT2D eigenvalue weighted by Gasteiger charge is 2.22. The second kappa shape index (κ2) is 5.13. The largest absolute Gasteiger partial charge is 0.330 e. The molecule has 1 unspecified atom stereocenters. The predicted molar refractivity (Wildman–Crippen MR) is 62.3 cm³/mol. The maximum absolute atomic E-state index is 5.74. The molecule has 2 heteroatoms. The summed E-state index contributed by atoms with van der Waals surface area (Å²) in [6.07, 6.45) is 6.77. The van der Waals surface area contributed by atoms with Crippen LogP contribution < -0.4 is 5.73 Å². The molecule has 1 aliphatic heterocycles. The van der Waals surface area contributed by atoms with E-state index in [1.54, 1.807) is 0 Å². The Labute approximate surface area is 88.8 Å². The summed E-state index contributed by atoms with van der Waals surface area (Å²) >= 11 is 0. The molecule has 0 bridgehead atoms. The van der Waals surface area contributed by atoms with Gasteiger partial charge in [-0.1, -0.05) is 20.3 Å². The number of hydrogen-bond acceptors (Lipinski definition) is 2. The molecule has 0 spiro atoms. The molecule has 84 valence electrons. The molecule has 2 N–H and O–H groups in total. The first-order valence-electron chi connectivity index (χ1n) is 5.95. The van der Waals surface area contributed by atoms with E-state index >= 15 is 0 Å². The van der Waals surface area contributed by atoms with Crippen molar-refractivity contribution in [2.24, 2.45) is 11.1 Å². The zero-order chi connectivity index (χ0) is 10.6. The third-order valence-corrected chi connectivity index (χ3v) is 3.63. The van der Waals surface area contributed by atoms with E-state index in [1.807, 2.05) is 0 Å². The van der Waals surface area contributed by atoms with Crippen molar-refractivity contribution in [1.82, 2.24) is 4.90 Å². The van der Waals surface area contributed by atoms with Gasteiger partial charge < -0.3 is 10.6 Å². The van der Waals surface area contributed by atoms with E-state index < -0.39 is 0 Å². The SMILES string of the molecule is CN1CCCCC1CCC(C)(C)CN. The van der Waals surface area contributed by atoms with E-state index in [-0.39, 0.29) is 0 Å². The van der Waals surface area contributed by atoms with E-state index in [2.05, 4.69) is 25.8 Å². The summed E-state index contributed by atoms with van der Waals surface area (Å²) in [5.74, 6) is 0. The summed E-state index contributed by atoms with van der Waals surface area (Å²) in [4.78, 5) is 2.52. The van der Waals surface area contributed by atoms with Crippen LogP contribution in [0.3, 0.4) is 0 Å². The Kier molecular flexibility index (Phi) is 4.39. The smallest absolute Gasteiger partial charge is 0.00924 e. The predicted octanol–water partition coefficient (Wildman–Crippen LogP) is 2.24. The van der Waals surface area contributed by atoms with Gasteiger partial charge in [0.15, 0.2) is 0 Å². The summed E-state index contributed by atoms with van der Waals surface area (Å²) in [6, 6.07) is 0.814. The molecule has 0 aromatic rings. The molecule has 1 rings (SSSR count). The first-order valence-corrected chi connectivity index (χ1v) is 5.95. The lowest BCUT2D eigenvalue weighted by atomic mass is 9.85. The van der Waals surface area contributed by atoms with Gasteiger partial charge in [-0.3, -0.25) is 0 Å². The van der Waals surface area contributed by atoms with Gasteiger partial charge in [0.1, 0.15) is 0 Å². The van der Waals surface area contributed by atoms with Gasteiger partial charge in [0.25, 0.3) is 0 Å². The topological polar surface area (TPSA) is 29.3 Å². The van der Waals surface area contributed by atoms with Crippen LogP contribution in [0.25, 0.3) is 0 Å². The monoisotopic (exact) mass is 198 g/mol. The van der Waals surface area contributed by atoms with E-state index in [4.69, 9.17) is 5.73 Å². The first-order chi connectivity index (χ1) is 6.55. The standard InChI is InChI=1S/C12H26N2/c1-12(2,10-13)8-7-11-6-4-5-9-14(11)3/h11H,4-10,13H2,1-3H3. The molecule has 0 saturated carbocycles. The van der Waals surface area contributed by atoms with Crippen LogP contribution in [0.4, 0.5) is 0 Å². The molecule has 1 heterocycles. The van der Waals surface area contributed by atoms with E-state index in [0.717, 1.165) is 12.6 Å². The first kappa shape index (κ1) is 12.0. The van der Waals surface area contributed by atoms with Gasteiger partial charge in [-0.2, -0.15) is 0 Å². The molecular formula is C12H26N2. The highest BCUT2D eigenvalue weighted by Crippen LogP contribution is 2.26. The van der Waals surface area contributed by atoms with Crippen LogP contribution in [0.2, 0.25) is 0 Å². The van der Waals surface area contributed by atoms with Crippen molar-refractivity contribution in [3.8, 4) is 0 Å². The van der Waals surface area contributed by atoms with Gasteiger partial charge in [0.2, 0.25) is 0 Å². The highest BCUT2D eigenvalue weighted by molar-refractivity contribution is 4.78. The van der Waals surface area contributed by atoms with Gasteiger partial charge in [0, 0.05) is 6.04 Å². The van der Waals surface area contributed by atoms with Crippen molar-refractivity contribution in [2.75, 3.05) is 20.1 Å². The van der Waals surface area contributed by atoms with Crippen molar-refractivity contribution in [3.63, 3.8) is 0 Å². The molecule has 0 radical (unpaired) electrons. The number of nitrogens with two attached hydrogens (primary N) is 1. The molecule has 2 nitrogen and oxygen atoms in total. The molecule has 1 fully saturated rings. The van der Waals surface area contributed by atoms with Crippen molar-refractivity contribution < 1.29 is 0 Å². The van der Waals surface area contributed by atoms with E-state index in [1.165, 1.54) is 38.6 Å². The minimum atomic E-state index is 0.332. The molecule has 0 amide bonds. The fraction of sp³-hybridized carbons (Fsp3) is 1.00. The Balaban J connectivity index is 2.29. The Morgan fingerprint density at radius 2 is 2.07 bits per heavy atom.